The van der Waals surface area contributed by atoms with Gasteiger partial charge in [0.1, 0.15) is 5.75 Å². The lowest BCUT2D eigenvalue weighted by atomic mass is 10.1. The van der Waals surface area contributed by atoms with Crippen LogP contribution in [0.15, 0.2) is 48.5 Å². The van der Waals surface area contributed by atoms with Crippen LogP contribution in [0.3, 0.4) is 0 Å². The molecule has 0 aliphatic carbocycles. The first-order chi connectivity index (χ1) is 10.6. The van der Waals surface area contributed by atoms with Gasteiger partial charge in [-0.3, -0.25) is 4.79 Å². The number of carbonyl (C=O) groups is 1. The number of amides is 1. The molecule has 3 nitrogen and oxygen atoms in total. The summed E-state index contributed by atoms with van der Waals surface area (Å²) in [4.78, 5) is 11.8. The summed E-state index contributed by atoms with van der Waals surface area (Å²) in [6, 6.07) is 16.1. The Balaban J connectivity index is 1.66. The van der Waals surface area contributed by atoms with Gasteiger partial charge in [0.2, 0.25) is 5.91 Å². The summed E-state index contributed by atoms with van der Waals surface area (Å²) in [5.41, 5.74) is 3.42. The van der Waals surface area contributed by atoms with E-state index in [1.807, 2.05) is 50.2 Å². The van der Waals surface area contributed by atoms with Crippen LogP contribution in [0.4, 0.5) is 0 Å². The van der Waals surface area contributed by atoms with Crippen LogP contribution in [-0.2, 0) is 11.3 Å². The van der Waals surface area contributed by atoms with Crippen molar-refractivity contribution >= 4 is 5.91 Å². The van der Waals surface area contributed by atoms with Crippen LogP contribution in [0.1, 0.15) is 29.5 Å². The Morgan fingerprint density at radius 2 is 1.86 bits per heavy atom. The average molecular weight is 297 g/mol. The van der Waals surface area contributed by atoms with Crippen molar-refractivity contribution in [3.63, 3.8) is 0 Å². The number of nitrogens with one attached hydrogen (secondary N) is 1. The molecule has 1 amide bonds. The largest absolute Gasteiger partial charge is 0.493 e. The molecule has 0 aromatic heterocycles. The third-order valence-electron chi connectivity index (χ3n) is 3.48. The molecule has 0 bridgehead atoms. The van der Waals surface area contributed by atoms with E-state index in [0.29, 0.717) is 26.0 Å². The molecule has 0 unspecified atom stereocenters. The minimum Gasteiger partial charge on any atom is -0.493 e. The second-order valence-electron chi connectivity index (χ2n) is 5.48. The van der Waals surface area contributed by atoms with Crippen molar-refractivity contribution < 1.29 is 9.53 Å². The minimum atomic E-state index is 0.0633. The Kier molecular flexibility index (Phi) is 6.01. The zero-order valence-electron chi connectivity index (χ0n) is 13.3. The predicted molar refractivity (Wildman–Crippen MR) is 88.9 cm³/mol. The second-order valence-corrected chi connectivity index (χ2v) is 5.48. The zero-order chi connectivity index (χ0) is 15.8. The predicted octanol–water partition coefficient (Wildman–Crippen LogP) is 3.78. The smallest absolute Gasteiger partial charge is 0.220 e. The van der Waals surface area contributed by atoms with Crippen LogP contribution >= 0.6 is 0 Å². The van der Waals surface area contributed by atoms with E-state index in [4.69, 9.17) is 4.74 Å². The van der Waals surface area contributed by atoms with E-state index in [9.17, 15) is 4.79 Å². The summed E-state index contributed by atoms with van der Waals surface area (Å²) < 4.78 is 5.75. The molecule has 2 aromatic carbocycles. The van der Waals surface area contributed by atoms with Crippen LogP contribution in [-0.4, -0.2) is 12.5 Å². The second kappa shape index (κ2) is 8.23. The van der Waals surface area contributed by atoms with Crippen molar-refractivity contribution in [2.45, 2.75) is 33.2 Å². The molecule has 116 valence electrons. The summed E-state index contributed by atoms with van der Waals surface area (Å²) in [5, 5.41) is 2.92. The van der Waals surface area contributed by atoms with E-state index in [2.05, 4.69) is 17.4 Å². The minimum absolute atomic E-state index is 0.0633. The molecular formula is C19H23NO2. The number of benzene rings is 2. The van der Waals surface area contributed by atoms with E-state index >= 15 is 0 Å². The maximum Gasteiger partial charge on any atom is 0.220 e. The van der Waals surface area contributed by atoms with E-state index in [-0.39, 0.29) is 5.91 Å². The molecule has 0 spiro atoms. The number of rotatable bonds is 7. The first-order valence-corrected chi connectivity index (χ1v) is 7.66. The Morgan fingerprint density at radius 1 is 1.09 bits per heavy atom. The highest BCUT2D eigenvalue weighted by Gasteiger charge is 2.03. The summed E-state index contributed by atoms with van der Waals surface area (Å²) >= 11 is 0. The fourth-order valence-electron chi connectivity index (χ4n) is 2.16. The summed E-state index contributed by atoms with van der Waals surface area (Å²) in [6.45, 7) is 5.21. The van der Waals surface area contributed by atoms with Gasteiger partial charge in [0.15, 0.2) is 0 Å². The lowest BCUT2D eigenvalue weighted by Gasteiger charge is -2.10. The van der Waals surface area contributed by atoms with E-state index in [0.717, 1.165) is 16.9 Å². The first-order valence-electron chi connectivity index (χ1n) is 7.66. The lowest BCUT2D eigenvalue weighted by molar-refractivity contribution is -0.121. The van der Waals surface area contributed by atoms with Gasteiger partial charge >= 0.3 is 0 Å². The van der Waals surface area contributed by atoms with Gasteiger partial charge in [0.05, 0.1) is 6.61 Å². The van der Waals surface area contributed by atoms with Crippen molar-refractivity contribution in [3.05, 3.63) is 65.2 Å². The van der Waals surface area contributed by atoms with E-state index in [1.165, 1.54) is 5.56 Å². The molecular weight excluding hydrogens is 274 g/mol. The fourth-order valence-corrected chi connectivity index (χ4v) is 2.16. The Bertz CT molecular complexity index is 608. The third-order valence-corrected chi connectivity index (χ3v) is 3.48. The van der Waals surface area contributed by atoms with Crippen LogP contribution in [0, 0.1) is 13.8 Å². The number of aryl methyl sites for hydroxylation is 2. The van der Waals surface area contributed by atoms with E-state index in [1.54, 1.807) is 0 Å². The van der Waals surface area contributed by atoms with Gasteiger partial charge in [-0.2, -0.15) is 0 Å². The molecule has 0 radical (unpaired) electrons. The molecule has 0 fully saturated rings. The van der Waals surface area contributed by atoms with Gasteiger partial charge in [-0.05, 0) is 43.0 Å². The molecule has 2 aromatic rings. The fraction of sp³-hybridized carbons (Fsp3) is 0.316. The summed E-state index contributed by atoms with van der Waals surface area (Å²) in [6.07, 6.45) is 1.20. The quantitative estimate of drug-likeness (QED) is 0.790. The van der Waals surface area contributed by atoms with Crippen molar-refractivity contribution in [3.8, 4) is 5.75 Å². The molecule has 0 saturated carbocycles. The van der Waals surface area contributed by atoms with Gasteiger partial charge in [-0.1, -0.05) is 42.5 Å². The summed E-state index contributed by atoms with van der Waals surface area (Å²) in [7, 11) is 0. The van der Waals surface area contributed by atoms with Crippen molar-refractivity contribution in [2.75, 3.05) is 6.61 Å². The molecule has 0 saturated heterocycles. The molecule has 1 N–H and O–H groups in total. The average Bonchev–Trinajstić information content (AvgIpc) is 2.53. The number of ether oxygens (including phenoxy) is 1. The number of hydrogen-bond donors (Lipinski definition) is 1. The molecule has 0 heterocycles. The van der Waals surface area contributed by atoms with Crippen LogP contribution < -0.4 is 10.1 Å². The molecule has 0 aliphatic rings. The van der Waals surface area contributed by atoms with Crippen molar-refractivity contribution in [1.29, 1.82) is 0 Å². The molecule has 3 heteroatoms. The molecule has 0 aliphatic heterocycles. The maximum absolute atomic E-state index is 11.8. The molecule has 0 atom stereocenters. The Labute approximate surface area is 132 Å². The Hall–Kier alpha value is -2.29. The molecule has 22 heavy (non-hydrogen) atoms. The number of hydrogen-bond acceptors (Lipinski definition) is 2. The topological polar surface area (TPSA) is 38.3 Å². The standard InChI is InChI=1S/C19H23NO2/c1-15-10-11-16(2)18(13-15)22-12-6-9-19(21)20-14-17-7-4-3-5-8-17/h3-5,7-8,10-11,13H,6,9,12,14H2,1-2H3,(H,20,21). The van der Waals surface area contributed by atoms with Crippen LogP contribution in [0.25, 0.3) is 0 Å². The highest BCUT2D eigenvalue weighted by atomic mass is 16.5. The normalized spacial score (nSPS) is 10.3. The van der Waals surface area contributed by atoms with Crippen LogP contribution in [0.5, 0.6) is 5.75 Å². The van der Waals surface area contributed by atoms with Gasteiger partial charge in [0, 0.05) is 13.0 Å². The van der Waals surface area contributed by atoms with Gasteiger partial charge in [-0.15, -0.1) is 0 Å². The van der Waals surface area contributed by atoms with Crippen molar-refractivity contribution in [2.24, 2.45) is 0 Å². The Morgan fingerprint density at radius 3 is 2.64 bits per heavy atom. The molecule has 2 rings (SSSR count). The lowest BCUT2D eigenvalue weighted by Crippen LogP contribution is -2.22. The van der Waals surface area contributed by atoms with Gasteiger partial charge in [0.25, 0.3) is 0 Å². The first kappa shape index (κ1) is 16.1. The SMILES string of the molecule is Cc1ccc(C)c(OCCCC(=O)NCc2ccccc2)c1. The van der Waals surface area contributed by atoms with Gasteiger partial charge in [-0.25, -0.2) is 0 Å². The third kappa shape index (κ3) is 5.24. The highest BCUT2D eigenvalue weighted by Crippen LogP contribution is 2.19. The van der Waals surface area contributed by atoms with Crippen LogP contribution in [0.2, 0.25) is 0 Å². The highest BCUT2D eigenvalue weighted by molar-refractivity contribution is 5.75. The van der Waals surface area contributed by atoms with E-state index < -0.39 is 0 Å². The monoisotopic (exact) mass is 297 g/mol. The summed E-state index contributed by atoms with van der Waals surface area (Å²) in [5.74, 6) is 0.970. The van der Waals surface area contributed by atoms with Gasteiger partial charge < -0.3 is 10.1 Å². The maximum atomic E-state index is 11.8. The van der Waals surface area contributed by atoms with Crippen molar-refractivity contribution in [1.82, 2.24) is 5.32 Å². The zero-order valence-corrected chi connectivity index (χ0v) is 13.3. The number of carbonyl (C=O) groups excluding carboxylic acids is 1.